The molecule has 30 heavy (non-hydrogen) atoms. The van der Waals surface area contributed by atoms with Gasteiger partial charge in [0.1, 0.15) is 0 Å². The van der Waals surface area contributed by atoms with E-state index >= 15 is 0 Å². The molecule has 2 heterocycles. The Kier molecular flexibility index (Phi) is 5.61. The second-order valence-electron chi connectivity index (χ2n) is 7.56. The summed E-state index contributed by atoms with van der Waals surface area (Å²) in [6, 6.07) is 20.9. The fourth-order valence-corrected chi connectivity index (χ4v) is 4.00. The second kappa shape index (κ2) is 8.49. The zero-order valence-electron chi connectivity index (χ0n) is 17.3. The molecule has 0 aliphatic carbocycles. The van der Waals surface area contributed by atoms with Gasteiger partial charge in [-0.25, -0.2) is 0 Å². The Balaban J connectivity index is 1.64. The highest BCUT2D eigenvalue weighted by molar-refractivity contribution is 6.11. The summed E-state index contributed by atoms with van der Waals surface area (Å²) in [6.45, 7) is 5.13. The van der Waals surface area contributed by atoms with E-state index in [1.165, 1.54) is 0 Å². The third-order valence-electron chi connectivity index (χ3n) is 5.51. The van der Waals surface area contributed by atoms with Crippen LogP contribution in [0, 0.1) is 6.92 Å². The molecule has 5 heteroatoms. The monoisotopic (exact) mass is 399 g/mol. The van der Waals surface area contributed by atoms with Crippen LogP contribution in [0.5, 0.6) is 0 Å². The summed E-state index contributed by atoms with van der Waals surface area (Å²) in [5, 5.41) is 0. The molecule has 3 aromatic rings. The summed E-state index contributed by atoms with van der Waals surface area (Å²) in [5.41, 5.74) is 4.19. The van der Waals surface area contributed by atoms with Gasteiger partial charge in [-0.05, 0) is 49.2 Å². The number of anilines is 1. The topological polar surface area (TPSA) is 53.5 Å². The highest BCUT2D eigenvalue weighted by Crippen LogP contribution is 2.38. The van der Waals surface area contributed by atoms with E-state index in [2.05, 4.69) is 4.98 Å². The van der Waals surface area contributed by atoms with Gasteiger partial charge in [0.05, 0.1) is 23.7 Å². The van der Waals surface area contributed by atoms with E-state index in [9.17, 15) is 9.59 Å². The lowest BCUT2D eigenvalue weighted by Gasteiger charge is -2.28. The van der Waals surface area contributed by atoms with E-state index in [-0.39, 0.29) is 18.2 Å². The highest BCUT2D eigenvalue weighted by atomic mass is 16.2. The Morgan fingerprint density at radius 2 is 1.87 bits per heavy atom. The van der Waals surface area contributed by atoms with Gasteiger partial charge in [-0.15, -0.1) is 0 Å². The molecular formula is C25H25N3O2. The summed E-state index contributed by atoms with van der Waals surface area (Å²) in [4.78, 5) is 34.5. The number of pyridine rings is 1. The van der Waals surface area contributed by atoms with Crippen LogP contribution in [0.1, 0.15) is 46.6 Å². The molecule has 0 saturated heterocycles. The molecule has 1 aliphatic rings. The van der Waals surface area contributed by atoms with Crippen molar-refractivity contribution in [3.63, 3.8) is 0 Å². The number of amides is 2. The van der Waals surface area contributed by atoms with Crippen molar-refractivity contribution in [3.05, 3.63) is 95.3 Å². The summed E-state index contributed by atoms with van der Waals surface area (Å²) in [5.74, 6) is -0.0945. The van der Waals surface area contributed by atoms with E-state index in [1.807, 2.05) is 73.3 Å². The van der Waals surface area contributed by atoms with Gasteiger partial charge >= 0.3 is 0 Å². The Morgan fingerprint density at radius 1 is 1.07 bits per heavy atom. The van der Waals surface area contributed by atoms with Crippen LogP contribution < -0.4 is 4.90 Å². The summed E-state index contributed by atoms with van der Waals surface area (Å²) < 4.78 is 0. The van der Waals surface area contributed by atoms with Crippen LogP contribution in [0.4, 0.5) is 5.69 Å². The summed E-state index contributed by atoms with van der Waals surface area (Å²) in [6.07, 6.45) is 1.88. The zero-order valence-corrected chi connectivity index (χ0v) is 17.3. The lowest BCUT2D eigenvalue weighted by Crippen LogP contribution is -2.35. The predicted octanol–water partition coefficient (Wildman–Crippen LogP) is 4.53. The smallest absolute Gasteiger partial charge is 0.260 e. The van der Waals surface area contributed by atoms with Crippen LogP contribution in [-0.4, -0.2) is 28.2 Å². The molecule has 0 N–H and O–H groups in total. The van der Waals surface area contributed by atoms with Crippen molar-refractivity contribution in [2.75, 3.05) is 11.4 Å². The van der Waals surface area contributed by atoms with Crippen molar-refractivity contribution in [2.45, 2.75) is 32.9 Å². The maximum absolute atomic E-state index is 13.3. The fourth-order valence-electron chi connectivity index (χ4n) is 4.00. The number of carbonyl (C=O) groups excluding carboxylic acids is 2. The largest absolute Gasteiger partial charge is 0.339 e. The molecule has 152 valence electrons. The minimum atomic E-state index is -0.409. The van der Waals surface area contributed by atoms with Gasteiger partial charge < -0.3 is 4.90 Å². The first-order chi connectivity index (χ1) is 14.6. The van der Waals surface area contributed by atoms with Crippen molar-refractivity contribution in [1.82, 2.24) is 9.88 Å². The minimum absolute atomic E-state index is 0.00955. The van der Waals surface area contributed by atoms with E-state index in [4.69, 9.17) is 0 Å². The van der Waals surface area contributed by atoms with Crippen molar-refractivity contribution in [1.29, 1.82) is 0 Å². The highest BCUT2D eigenvalue weighted by Gasteiger charge is 2.40. The normalized spacial score (nSPS) is 15.2. The number of benzene rings is 2. The average Bonchev–Trinajstić information content (AvgIpc) is 3.04. The number of aryl methyl sites for hydroxylation is 1. The number of hydrogen-bond donors (Lipinski definition) is 0. The Morgan fingerprint density at radius 3 is 2.60 bits per heavy atom. The van der Waals surface area contributed by atoms with Gasteiger partial charge in [0.2, 0.25) is 5.91 Å². The van der Waals surface area contributed by atoms with Gasteiger partial charge in [-0.2, -0.15) is 0 Å². The van der Waals surface area contributed by atoms with Crippen LogP contribution in [0.15, 0.2) is 72.9 Å². The SMILES string of the molecule is CCN(Cc1ccccc1)C(=O)C[C@@H]1c2ncccc2C(=O)N1c1cccc(C)c1. The zero-order chi connectivity index (χ0) is 21.1. The number of fused-ring (bicyclic) bond motifs is 1. The predicted molar refractivity (Wildman–Crippen MR) is 117 cm³/mol. The third kappa shape index (κ3) is 3.83. The van der Waals surface area contributed by atoms with Gasteiger partial charge in [0.25, 0.3) is 5.91 Å². The number of hydrogen-bond acceptors (Lipinski definition) is 3. The maximum Gasteiger partial charge on any atom is 0.260 e. The molecule has 0 spiro atoms. The fraction of sp³-hybridized carbons (Fsp3) is 0.240. The van der Waals surface area contributed by atoms with Crippen molar-refractivity contribution in [2.24, 2.45) is 0 Å². The number of rotatable bonds is 6. The molecule has 4 rings (SSSR count). The van der Waals surface area contributed by atoms with Crippen LogP contribution in [0.3, 0.4) is 0 Å². The molecule has 1 aliphatic heterocycles. The third-order valence-corrected chi connectivity index (χ3v) is 5.51. The molecule has 0 fully saturated rings. The average molecular weight is 399 g/mol. The molecule has 2 amide bonds. The molecule has 0 radical (unpaired) electrons. The molecule has 1 aromatic heterocycles. The van der Waals surface area contributed by atoms with Gasteiger partial charge in [0.15, 0.2) is 0 Å². The van der Waals surface area contributed by atoms with E-state index in [0.717, 1.165) is 16.8 Å². The number of nitrogens with zero attached hydrogens (tertiary/aromatic N) is 3. The maximum atomic E-state index is 13.3. The lowest BCUT2D eigenvalue weighted by molar-refractivity contribution is -0.132. The van der Waals surface area contributed by atoms with E-state index in [0.29, 0.717) is 24.3 Å². The van der Waals surface area contributed by atoms with Crippen molar-refractivity contribution in [3.8, 4) is 0 Å². The van der Waals surface area contributed by atoms with Crippen LogP contribution >= 0.6 is 0 Å². The van der Waals surface area contributed by atoms with Crippen molar-refractivity contribution < 1.29 is 9.59 Å². The number of carbonyl (C=O) groups is 2. The Hall–Kier alpha value is -3.47. The molecule has 5 nitrogen and oxygen atoms in total. The Bertz CT molecular complexity index is 1060. The van der Waals surface area contributed by atoms with E-state index in [1.54, 1.807) is 23.2 Å². The molecule has 2 aromatic carbocycles. The Labute approximate surface area is 177 Å². The van der Waals surface area contributed by atoms with Gasteiger partial charge in [0, 0.05) is 25.0 Å². The molecule has 0 unspecified atom stereocenters. The molecule has 0 saturated carbocycles. The minimum Gasteiger partial charge on any atom is -0.339 e. The standard InChI is InChI=1S/C25H25N3O2/c1-3-27(17-19-10-5-4-6-11-19)23(29)16-22-24-21(13-8-14-26-24)25(30)28(22)20-12-7-9-18(2)15-20/h4-15,22H,3,16-17H2,1-2H3/t22-/m1/s1. The molecular weight excluding hydrogens is 374 g/mol. The summed E-state index contributed by atoms with van der Waals surface area (Å²) in [7, 11) is 0. The van der Waals surface area contributed by atoms with Crippen LogP contribution in [0.25, 0.3) is 0 Å². The van der Waals surface area contributed by atoms with Crippen LogP contribution in [0.2, 0.25) is 0 Å². The van der Waals surface area contributed by atoms with Gasteiger partial charge in [-0.3, -0.25) is 19.5 Å². The molecule has 0 bridgehead atoms. The van der Waals surface area contributed by atoms with E-state index < -0.39 is 6.04 Å². The first-order valence-corrected chi connectivity index (χ1v) is 10.3. The second-order valence-corrected chi connectivity index (χ2v) is 7.56. The number of aromatic nitrogens is 1. The lowest BCUT2D eigenvalue weighted by atomic mass is 10.1. The van der Waals surface area contributed by atoms with Crippen LogP contribution in [-0.2, 0) is 11.3 Å². The summed E-state index contributed by atoms with van der Waals surface area (Å²) >= 11 is 0. The van der Waals surface area contributed by atoms with Gasteiger partial charge in [-0.1, -0.05) is 42.5 Å². The first-order valence-electron chi connectivity index (χ1n) is 10.3. The quantitative estimate of drug-likeness (QED) is 0.612. The first kappa shape index (κ1) is 19.8. The van der Waals surface area contributed by atoms with Crippen molar-refractivity contribution >= 4 is 17.5 Å². The molecule has 1 atom stereocenters.